The summed E-state index contributed by atoms with van der Waals surface area (Å²) in [5.74, 6) is -0.362. The summed E-state index contributed by atoms with van der Waals surface area (Å²) in [6.45, 7) is 3.34. The Labute approximate surface area is 149 Å². The number of nitrogens with one attached hydrogen (secondary N) is 2. The Kier molecular flexibility index (Phi) is 5.73. The number of para-hydroxylation sites is 1. The van der Waals surface area contributed by atoms with Gasteiger partial charge in [0.15, 0.2) is 5.11 Å². The second-order valence-electron chi connectivity index (χ2n) is 5.08. The molecule has 24 heavy (non-hydrogen) atoms. The highest BCUT2D eigenvalue weighted by Crippen LogP contribution is 2.25. The van der Waals surface area contributed by atoms with Crippen LogP contribution in [0.1, 0.15) is 4.88 Å². The maximum Gasteiger partial charge on any atom is 0.191 e. The molecule has 2 aromatic rings. The van der Waals surface area contributed by atoms with Crippen LogP contribution in [0.4, 0.5) is 15.1 Å². The Morgan fingerprint density at radius 2 is 2.04 bits per heavy atom. The van der Waals surface area contributed by atoms with Crippen LogP contribution in [0.15, 0.2) is 41.5 Å². The van der Waals surface area contributed by atoms with Crippen LogP contribution in [-0.2, 0) is 4.74 Å². The van der Waals surface area contributed by atoms with Crippen molar-refractivity contribution in [1.29, 1.82) is 0 Å². The molecule has 0 aliphatic carbocycles. The molecule has 0 saturated carbocycles. The van der Waals surface area contributed by atoms with E-state index in [1.54, 1.807) is 35.8 Å². The second-order valence-corrected chi connectivity index (χ2v) is 6.58. The summed E-state index contributed by atoms with van der Waals surface area (Å²) in [4.78, 5) is 3.31. The molecule has 0 unspecified atom stereocenters. The van der Waals surface area contributed by atoms with Crippen LogP contribution >= 0.6 is 23.6 Å². The third-order valence-corrected chi connectivity index (χ3v) is 4.69. The van der Waals surface area contributed by atoms with E-state index < -0.39 is 0 Å². The van der Waals surface area contributed by atoms with Crippen LogP contribution in [0.25, 0.3) is 0 Å². The molecule has 0 atom stereocenters. The van der Waals surface area contributed by atoms with E-state index in [-0.39, 0.29) is 10.9 Å². The first kappa shape index (κ1) is 16.8. The first-order valence-corrected chi connectivity index (χ1v) is 8.72. The van der Waals surface area contributed by atoms with Gasteiger partial charge in [0.25, 0.3) is 0 Å². The third kappa shape index (κ3) is 4.50. The normalized spacial score (nSPS) is 14.8. The number of rotatable bonds is 4. The number of ether oxygens (including phenoxy) is 1. The van der Waals surface area contributed by atoms with Gasteiger partial charge < -0.3 is 15.0 Å². The van der Waals surface area contributed by atoms with Crippen molar-refractivity contribution in [2.75, 3.05) is 36.5 Å². The minimum absolute atomic E-state index is 0.237. The number of halogens is 1. The van der Waals surface area contributed by atoms with E-state index in [0.29, 0.717) is 5.69 Å². The van der Waals surface area contributed by atoms with E-state index in [4.69, 9.17) is 17.0 Å². The molecule has 1 aliphatic rings. The van der Waals surface area contributed by atoms with E-state index >= 15 is 0 Å². The van der Waals surface area contributed by atoms with Crippen molar-refractivity contribution in [3.63, 3.8) is 0 Å². The van der Waals surface area contributed by atoms with Crippen molar-refractivity contribution in [2.24, 2.45) is 5.10 Å². The maximum atomic E-state index is 13.5. The number of nitrogens with zero attached hydrogens (tertiary/aromatic N) is 2. The fraction of sp³-hybridized carbons (Fsp3) is 0.250. The van der Waals surface area contributed by atoms with Crippen molar-refractivity contribution >= 4 is 45.6 Å². The zero-order valence-corrected chi connectivity index (χ0v) is 14.5. The number of anilines is 2. The lowest BCUT2D eigenvalue weighted by Gasteiger charge is -2.27. The smallest absolute Gasteiger partial charge is 0.191 e. The molecule has 8 heteroatoms. The molecule has 0 radical (unpaired) electrons. The first-order valence-electron chi connectivity index (χ1n) is 7.49. The Morgan fingerprint density at radius 3 is 2.83 bits per heavy atom. The number of benzene rings is 1. The highest BCUT2D eigenvalue weighted by Gasteiger charge is 2.12. The highest BCUT2D eigenvalue weighted by molar-refractivity contribution is 7.80. The van der Waals surface area contributed by atoms with Crippen LogP contribution in [0, 0.1) is 5.82 Å². The summed E-state index contributed by atoms with van der Waals surface area (Å²) in [5.41, 5.74) is 3.01. The quantitative estimate of drug-likeness (QED) is 0.496. The highest BCUT2D eigenvalue weighted by atomic mass is 32.1. The molecule has 2 heterocycles. The van der Waals surface area contributed by atoms with Crippen molar-refractivity contribution in [2.45, 2.75) is 0 Å². The molecule has 1 saturated heterocycles. The molecule has 1 aliphatic heterocycles. The molecule has 0 amide bonds. The van der Waals surface area contributed by atoms with Gasteiger partial charge in [-0.1, -0.05) is 12.1 Å². The molecule has 1 aromatic carbocycles. The number of thiocarbonyl (C=S) groups is 1. The summed E-state index contributed by atoms with van der Waals surface area (Å²) in [7, 11) is 0. The van der Waals surface area contributed by atoms with Crippen LogP contribution < -0.4 is 15.6 Å². The average Bonchev–Trinajstić information content (AvgIpc) is 3.07. The van der Waals surface area contributed by atoms with Gasteiger partial charge in [0.05, 0.1) is 30.1 Å². The summed E-state index contributed by atoms with van der Waals surface area (Å²) >= 11 is 6.75. The molecular weight excluding hydrogens is 347 g/mol. The lowest BCUT2D eigenvalue weighted by molar-refractivity contribution is 0.123. The molecule has 1 fully saturated rings. The Balaban J connectivity index is 1.52. The Hall–Kier alpha value is -2.03. The fourth-order valence-electron chi connectivity index (χ4n) is 2.23. The van der Waals surface area contributed by atoms with E-state index in [0.717, 1.165) is 31.2 Å². The van der Waals surface area contributed by atoms with Gasteiger partial charge in [-0.15, -0.1) is 11.3 Å². The predicted molar refractivity (Wildman–Crippen MR) is 101 cm³/mol. The van der Waals surface area contributed by atoms with Gasteiger partial charge in [-0.05, 0) is 36.5 Å². The largest absolute Gasteiger partial charge is 0.378 e. The molecule has 126 valence electrons. The first-order chi connectivity index (χ1) is 11.7. The number of hydrogen-bond acceptors (Lipinski definition) is 5. The van der Waals surface area contributed by atoms with Crippen molar-refractivity contribution in [1.82, 2.24) is 5.43 Å². The summed E-state index contributed by atoms with van der Waals surface area (Å²) in [6.07, 6.45) is 1.70. The van der Waals surface area contributed by atoms with Crippen molar-refractivity contribution in [3.05, 3.63) is 47.1 Å². The lowest BCUT2D eigenvalue weighted by atomic mass is 10.3. The topological polar surface area (TPSA) is 48.9 Å². The summed E-state index contributed by atoms with van der Waals surface area (Å²) in [5, 5.41) is 8.30. The number of hydrogen-bond donors (Lipinski definition) is 2. The van der Waals surface area contributed by atoms with Crippen LogP contribution in [-0.4, -0.2) is 37.6 Å². The van der Waals surface area contributed by atoms with Gasteiger partial charge in [0.2, 0.25) is 0 Å². The van der Waals surface area contributed by atoms with Crippen LogP contribution in [0.3, 0.4) is 0 Å². The Bertz CT molecular complexity index is 728. The number of morpholine rings is 1. The van der Waals surface area contributed by atoms with E-state index in [9.17, 15) is 4.39 Å². The minimum atomic E-state index is -0.362. The van der Waals surface area contributed by atoms with Crippen LogP contribution in [0.5, 0.6) is 0 Å². The lowest BCUT2D eigenvalue weighted by Crippen LogP contribution is -2.35. The molecule has 2 N–H and O–H groups in total. The van der Waals surface area contributed by atoms with E-state index in [1.165, 1.54) is 11.1 Å². The molecule has 5 nitrogen and oxygen atoms in total. The summed E-state index contributed by atoms with van der Waals surface area (Å²) in [6, 6.07) is 10.4. The molecule has 0 spiro atoms. The Morgan fingerprint density at radius 1 is 1.25 bits per heavy atom. The van der Waals surface area contributed by atoms with Gasteiger partial charge in [0, 0.05) is 18.0 Å². The molecule has 3 rings (SSSR count). The van der Waals surface area contributed by atoms with E-state index in [1.807, 2.05) is 6.07 Å². The van der Waals surface area contributed by atoms with Crippen molar-refractivity contribution < 1.29 is 9.13 Å². The number of hydrazone groups is 1. The maximum absolute atomic E-state index is 13.5. The molecular formula is C16H17FN4OS2. The van der Waals surface area contributed by atoms with Crippen molar-refractivity contribution in [3.8, 4) is 0 Å². The predicted octanol–water partition coefficient (Wildman–Crippen LogP) is 3.04. The second kappa shape index (κ2) is 8.18. The minimum Gasteiger partial charge on any atom is -0.378 e. The third-order valence-electron chi connectivity index (χ3n) is 3.42. The zero-order valence-electron chi connectivity index (χ0n) is 12.9. The molecule has 1 aromatic heterocycles. The van der Waals surface area contributed by atoms with Gasteiger partial charge in [-0.3, -0.25) is 5.43 Å². The van der Waals surface area contributed by atoms with Gasteiger partial charge in [0.1, 0.15) is 5.82 Å². The molecule has 0 bridgehead atoms. The fourth-order valence-corrected chi connectivity index (χ4v) is 3.33. The standard InChI is InChI=1S/C16H17FN4OS2/c17-13-3-1-2-4-14(13)19-16(23)20-18-11-12-5-6-15(24-12)21-7-9-22-10-8-21/h1-6,11H,7-10H2,(H2,19,20,23)/b18-11-. The van der Waals surface area contributed by atoms with Gasteiger partial charge in [-0.2, -0.15) is 5.10 Å². The summed E-state index contributed by atoms with van der Waals surface area (Å²) < 4.78 is 18.9. The van der Waals surface area contributed by atoms with Crippen LogP contribution in [0.2, 0.25) is 0 Å². The van der Waals surface area contributed by atoms with Gasteiger partial charge in [-0.25, -0.2) is 4.39 Å². The van der Waals surface area contributed by atoms with Gasteiger partial charge >= 0.3 is 0 Å². The number of thiophene rings is 1. The monoisotopic (exact) mass is 364 g/mol. The zero-order chi connectivity index (χ0) is 16.8. The van der Waals surface area contributed by atoms with E-state index in [2.05, 4.69) is 26.8 Å². The average molecular weight is 364 g/mol. The SMILES string of the molecule is Fc1ccccc1NC(=S)N/N=C\c1ccc(N2CCOCC2)s1.